The molecule has 0 spiro atoms. The quantitative estimate of drug-likeness (QED) is 0.750. The van der Waals surface area contributed by atoms with Gasteiger partial charge in [-0.1, -0.05) is 22.9 Å². The summed E-state index contributed by atoms with van der Waals surface area (Å²) in [5, 5.41) is 13.3. The summed E-state index contributed by atoms with van der Waals surface area (Å²) in [5.41, 5.74) is 0.433. The SMILES string of the molecule is CCc1cc(C(=O)O)nc2cc(-c3c(F)cc(Br)cc3F)nn12. The highest BCUT2D eigenvalue weighted by atomic mass is 79.9. The molecule has 0 bridgehead atoms. The Hall–Kier alpha value is -2.35. The van der Waals surface area contributed by atoms with E-state index in [1.54, 1.807) is 0 Å². The van der Waals surface area contributed by atoms with Crippen LogP contribution in [0.4, 0.5) is 8.78 Å². The molecule has 0 aliphatic carbocycles. The topological polar surface area (TPSA) is 67.5 Å². The van der Waals surface area contributed by atoms with E-state index in [0.29, 0.717) is 12.1 Å². The first-order chi connectivity index (χ1) is 10.9. The first-order valence-electron chi connectivity index (χ1n) is 6.68. The maximum Gasteiger partial charge on any atom is 0.354 e. The van der Waals surface area contributed by atoms with Gasteiger partial charge >= 0.3 is 5.97 Å². The molecular weight excluding hydrogens is 372 g/mol. The van der Waals surface area contributed by atoms with Gasteiger partial charge in [0.25, 0.3) is 0 Å². The number of rotatable bonds is 3. The van der Waals surface area contributed by atoms with Crippen LogP contribution in [0.2, 0.25) is 0 Å². The van der Waals surface area contributed by atoms with E-state index in [-0.39, 0.29) is 27.1 Å². The van der Waals surface area contributed by atoms with Crippen molar-refractivity contribution in [1.29, 1.82) is 0 Å². The van der Waals surface area contributed by atoms with Crippen LogP contribution in [0.1, 0.15) is 23.1 Å². The van der Waals surface area contributed by atoms with E-state index in [0.717, 1.165) is 12.1 Å². The van der Waals surface area contributed by atoms with E-state index in [1.165, 1.54) is 16.6 Å². The van der Waals surface area contributed by atoms with Crippen molar-refractivity contribution in [1.82, 2.24) is 14.6 Å². The lowest BCUT2D eigenvalue weighted by Crippen LogP contribution is -2.07. The molecule has 2 heterocycles. The summed E-state index contributed by atoms with van der Waals surface area (Å²) in [5.74, 6) is -2.71. The van der Waals surface area contributed by atoms with Gasteiger partial charge in [-0.3, -0.25) is 0 Å². The standard InChI is InChI=1S/C15H10BrF2N3O2/c1-2-8-5-12(15(22)23)19-13-6-11(20-21(8)13)14-9(17)3-7(16)4-10(14)18/h3-6H,2H2,1H3,(H,22,23). The van der Waals surface area contributed by atoms with E-state index < -0.39 is 17.6 Å². The van der Waals surface area contributed by atoms with Crippen molar-refractivity contribution in [2.75, 3.05) is 0 Å². The highest BCUT2D eigenvalue weighted by Crippen LogP contribution is 2.29. The van der Waals surface area contributed by atoms with Gasteiger partial charge in [-0.05, 0) is 24.6 Å². The second-order valence-corrected chi connectivity index (χ2v) is 5.75. The average Bonchev–Trinajstić information content (AvgIpc) is 2.88. The molecule has 118 valence electrons. The summed E-state index contributed by atoms with van der Waals surface area (Å²) in [6.07, 6.45) is 0.492. The van der Waals surface area contributed by atoms with Crippen LogP contribution in [0.15, 0.2) is 28.7 Å². The Morgan fingerprint density at radius 3 is 2.48 bits per heavy atom. The second kappa shape index (κ2) is 5.69. The molecule has 0 unspecified atom stereocenters. The van der Waals surface area contributed by atoms with Crippen LogP contribution in [-0.2, 0) is 6.42 Å². The van der Waals surface area contributed by atoms with Crippen LogP contribution in [0, 0.1) is 11.6 Å². The van der Waals surface area contributed by atoms with Crippen LogP contribution in [0.3, 0.4) is 0 Å². The monoisotopic (exact) mass is 381 g/mol. The molecule has 0 atom stereocenters. The van der Waals surface area contributed by atoms with E-state index in [9.17, 15) is 13.6 Å². The lowest BCUT2D eigenvalue weighted by molar-refractivity contribution is 0.0690. The fourth-order valence-corrected chi connectivity index (χ4v) is 2.71. The molecule has 1 aromatic carbocycles. The third kappa shape index (κ3) is 2.70. The summed E-state index contributed by atoms with van der Waals surface area (Å²) < 4.78 is 29.8. The summed E-state index contributed by atoms with van der Waals surface area (Å²) in [6, 6.07) is 5.03. The third-order valence-corrected chi connectivity index (χ3v) is 3.80. The number of benzene rings is 1. The van der Waals surface area contributed by atoms with Gasteiger partial charge in [0.15, 0.2) is 11.3 Å². The van der Waals surface area contributed by atoms with Gasteiger partial charge in [-0.2, -0.15) is 5.10 Å². The minimum Gasteiger partial charge on any atom is -0.477 e. The van der Waals surface area contributed by atoms with Gasteiger partial charge in [0, 0.05) is 16.2 Å². The third-order valence-electron chi connectivity index (χ3n) is 3.35. The summed E-state index contributed by atoms with van der Waals surface area (Å²) in [4.78, 5) is 15.1. The van der Waals surface area contributed by atoms with Gasteiger partial charge < -0.3 is 5.11 Å². The molecule has 3 rings (SSSR count). The van der Waals surface area contributed by atoms with Crippen LogP contribution >= 0.6 is 15.9 Å². The summed E-state index contributed by atoms with van der Waals surface area (Å²) >= 11 is 3.02. The van der Waals surface area contributed by atoms with Crippen molar-refractivity contribution in [2.45, 2.75) is 13.3 Å². The van der Waals surface area contributed by atoms with Gasteiger partial charge in [0.2, 0.25) is 0 Å². The number of aromatic nitrogens is 3. The Balaban J connectivity index is 2.27. The van der Waals surface area contributed by atoms with E-state index in [2.05, 4.69) is 26.0 Å². The normalized spacial score (nSPS) is 11.1. The molecule has 0 aliphatic rings. The minimum atomic E-state index is -1.18. The Labute approximate surface area is 137 Å². The van der Waals surface area contributed by atoms with Gasteiger partial charge in [-0.15, -0.1) is 0 Å². The molecule has 0 aliphatic heterocycles. The molecule has 5 nitrogen and oxygen atoms in total. The number of fused-ring (bicyclic) bond motifs is 1. The van der Waals surface area contributed by atoms with E-state index >= 15 is 0 Å². The van der Waals surface area contributed by atoms with Crippen molar-refractivity contribution >= 4 is 27.5 Å². The second-order valence-electron chi connectivity index (χ2n) is 4.84. The highest BCUT2D eigenvalue weighted by molar-refractivity contribution is 9.10. The average molecular weight is 382 g/mol. The minimum absolute atomic E-state index is 0.0530. The number of nitrogens with zero attached hydrogens (tertiary/aromatic N) is 3. The van der Waals surface area contributed by atoms with Crippen LogP contribution in [0.5, 0.6) is 0 Å². The molecule has 0 fully saturated rings. The van der Waals surface area contributed by atoms with Gasteiger partial charge in [-0.25, -0.2) is 23.1 Å². The summed E-state index contributed by atoms with van der Waals surface area (Å²) in [6.45, 7) is 1.82. The molecule has 23 heavy (non-hydrogen) atoms. The number of carbonyl (C=O) groups is 1. The lowest BCUT2D eigenvalue weighted by atomic mass is 10.1. The molecule has 8 heteroatoms. The number of carboxylic acids is 1. The molecule has 2 aromatic heterocycles. The van der Waals surface area contributed by atoms with Crippen molar-refractivity contribution in [2.24, 2.45) is 0 Å². The maximum atomic E-state index is 14.1. The zero-order valence-electron chi connectivity index (χ0n) is 11.8. The number of hydrogen-bond donors (Lipinski definition) is 1. The van der Waals surface area contributed by atoms with Crippen molar-refractivity contribution in [3.63, 3.8) is 0 Å². The zero-order chi connectivity index (χ0) is 16.7. The molecule has 1 N–H and O–H groups in total. The molecule has 0 amide bonds. The lowest BCUT2D eigenvalue weighted by Gasteiger charge is -2.03. The molecule has 0 radical (unpaired) electrons. The predicted octanol–water partition coefficient (Wildman–Crippen LogP) is 3.70. The number of carboxylic acid groups (broad SMARTS) is 1. The number of aromatic carboxylic acids is 1. The first-order valence-corrected chi connectivity index (χ1v) is 7.48. The first kappa shape index (κ1) is 15.5. The highest BCUT2D eigenvalue weighted by Gasteiger charge is 2.18. The van der Waals surface area contributed by atoms with Crippen molar-refractivity contribution < 1.29 is 18.7 Å². The molecule has 0 saturated heterocycles. The zero-order valence-corrected chi connectivity index (χ0v) is 13.4. The Morgan fingerprint density at radius 2 is 1.91 bits per heavy atom. The Bertz CT molecular complexity index is 917. The van der Waals surface area contributed by atoms with Gasteiger partial charge in [0.1, 0.15) is 17.3 Å². The van der Waals surface area contributed by atoms with Crippen LogP contribution < -0.4 is 0 Å². The van der Waals surface area contributed by atoms with Crippen LogP contribution in [-0.4, -0.2) is 25.7 Å². The molecule has 0 saturated carbocycles. The maximum absolute atomic E-state index is 14.1. The van der Waals surface area contributed by atoms with E-state index in [1.807, 2.05) is 6.92 Å². The van der Waals surface area contributed by atoms with Crippen LogP contribution in [0.25, 0.3) is 16.9 Å². The number of aryl methyl sites for hydroxylation is 1. The van der Waals surface area contributed by atoms with Crippen molar-refractivity contribution in [3.8, 4) is 11.3 Å². The van der Waals surface area contributed by atoms with E-state index in [4.69, 9.17) is 5.11 Å². The fourth-order valence-electron chi connectivity index (χ4n) is 2.31. The molecular formula is C15H10BrF2N3O2. The smallest absolute Gasteiger partial charge is 0.354 e. The number of hydrogen-bond acceptors (Lipinski definition) is 3. The Morgan fingerprint density at radius 1 is 1.26 bits per heavy atom. The van der Waals surface area contributed by atoms with Gasteiger partial charge in [0.05, 0.1) is 5.56 Å². The summed E-state index contributed by atoms with van der Waals surface area (Å²) in [7, 11) is 0. The fraction of sp³-hybridized carbons (Fsp3) is 0.133. The largest absolute Gasteiger partial charge is 0.477 e. The molecule has 3 aromatic rings. The predicted molar refractivity (Wildman–Crippen MR) is 82.4 cm³/mol. The van der Waals surface area contributed by atoms with Crippen molar-refractivity contribution in [3.05, 3.63) is 51.8 Å². The Kier molecular flexibility index (Phi) is 3.85. The number of halogens is 3.